The number of benzene rings is 2. The molecule has 2 rings (SSSR count). The molecule has 0 radical (unpaired) electrons. The summed E-state index contributed by atoms with van der Waals surface area (Å²) in [6, 6.07) is 11.0. The number of nitrogens with one attached hydrogen (secondary N) is 2. The van der Waals surface area contributed by atoms with Gasteiger partial charge in [-0.15, -0.1) is 0 Å². The second-order valence-corrected chi connectivity index (χ2v) is 5.61. The molecule has 2 aromatic carbocycles. The molecule has 0 fully saturated rings. The fourth-order valence-corrected chi connectivity index (χ4v) is 2.29. The van der Waals surface area contributed by atoms with Crippen molar-refractivity contribution >= 4 is 51.9 Å². The van der Waals surface area contributed by atoms with Gasteiger partial charge in [0.25, 0.3) is 0 Å². The van der Waals surface area contributed by atoms with Gasteiger partial charge in [0.15, 0.2) is 5.11 Å². The molecule has 2 aromatic rings. The van der Waals surface area contributed by atoms with Gasteiger partial charge in [-0.1, -0.05) is 23.2 Å². The lowest BCUT2D eigenvalue weighted by molar-refractivity contribution is 0.414. The first kappa shape index (κ1) is 15.9. The molecule has 2 N–H and O–H groups in total. The second-order valence-electron chi connectivity index (χ2n) is 4.39. The number of anilines is 2. The number of thiocarbonyl (C=S) groups is 1. The minimum atomic E-state index is 0.474. The number of aryl methyl sites for hydroxylation is 1. The third-order valence-electron chi connectivity index (χ3n) is 2.86. The van der Waals surface area contributed by atoms with E-state index in [-0.39, 0.29) is 0 Å². The monoisotopic (exact) mass is 340 g/mol. The smallest absolute Gasteiger partial charge is 0.175 e. The van der Waals surface area contributed by atoms with Crippen LogP contribution in [0.15, 0.2) is 36.4 Å². The van der Waals surface area contributed by atoms with Crippen LogP contribution in [0.5, 0.6) is 5.75 Å². The first-order valence-corrected chi connectivity index (χ1v) is 7.33. The molecular formula is C15H14Cl2N2OS. The first-order valence-electron chi connectivity index (χ1n) is 6.17. The molecule has 0 saturated carbocycles. The van der Waals surface area contributed by atoms with Gasteiger partial charge in [-0.05, 0) is 61.1 Å². The molecule has 0 amide bonds. The van der Waals surface area contributed by atoms with Crippen molar-refractivity contribution in [1.29, 1.82) is 0 Å². The van der Waals surface area contributed by atoms with Gasteiger partial charge >= 0.3 is 0 Å². The van der Waals surface area contributed by atoms with E-state index in [1.165, 1.54) is 0 Å². The van der Waals surface area contributed by atoms with Crippen LogP contribution in [0.1, 0.15) is 5.56 Å². The Hall–Kier alpha value is -1.49. The summed E-state index contributed by atoms with van der Waals surface area (Å²) in [5.74, 6) is 0.807. The van der Waals surface area contributed by atoms with Gasteiger partial charge in [0.1, 0.15) is 5.75 Å². The molecule has 0 spiro atoms. The third-order valence-corrected chi connectivity index (χ3v) is 3.80. The molecule has 110 valence electrons. The number of halogens is 2. The van der Waals surface area contributed by atoms with E-state index in [1.54, 1.807) is 19.2 Å². The normalized spacial score (nSPS) is 10.1. The largest absolute Gasteiger partial charge is 0.497 e. The number of rotatable bonds is 3. The Bertz CT molecular complexity index is 677. The molecule has 0 saturated heterocycles. The van der Waals surface area contributed by atoms with E-state index in [9.17, 15) is 0 Å². The zero-order valence-electron chi connectivity index (χ0n) is 11.5. The molecule has 0 aliphatic heterocycles. The molecule has 3 nitrogen and oxygen atoms in total. The van der Waals surface area contributed by atoms with E-state index >= 15 is 0 Å². The van der Waals surface area contributed by atoms with Crippen LogP contribution >= 0.6 is 35.4 Å². The van der Waals surface area contributed by atoms with E-state index in [2.05, 4.69) is 10.6 Å². The molecule has 0 unspecified atom stereocenters. The lowest BCUT2D eigenvalue weighted by Crippen LogP contribution is -2.19. The van der Waals surface area contributed by atoms with Crippen LogP contribution in [0.2, 0.25) is 10.0 Å². The van der Waals surface area contributed by atoms with Crippen LogP contribution in [0.3, 0.4) is 0 Å². The first-order chi connectivity index (χ1) is 9.99. The minimum Gasteiger partial charge on any atom is -0.497 e. The Morgan fingerprint density at radius 2 is 1.81 bits per heavy atom. The summed E-state index contributed by atoms with van der Waals surface area (Å²) >= 11 is 17.1. The quantitative estimate of drug-likeness (QED) is 0.759. The van der Waals surface area contributed by atoms with Gasteiger partial charge in [0.05, 0.1) is 17.2 Å². The number of hydrogen-bond acceptors (Lipinski definition) is 2. The second kappa shape index (κ2) is 6.98. The Balaban J connectivity index is 2.06. The van der Waals surface area contributed by atoms with Crippen molar-refractivity contribution in [1.82, 2.24) is 0 Å². The van der Waals surface area contributed by atoms with Crippen molar-refractivity contribution in [3.63, 3.8) is 0 Å². The van der Waals surface area contributed by atoms with E-state index < -0.39 is 0 Å². The van der Waals surface area contributed by atoms with Crippen LogP contribution in [-0.4, -0.2) is 12.2 Å². The van der Waals surface area contributed by atoms with Gasteiger partial charge in [0, 0.05) is 11.4 Å². The van der Waals surface area contributed by atoms with Crippen molar-refractivity contribution in [3.05, 3.63) is 52.0 Å². The molecule has 0 bridgehead atoms. The standard InChI is InChI=1S/C15H14Cl2N2OS/c1-9-7-11(20-2)4-6-14(9)19-15(21)18-10-3-5-12(16)13(17)8-10/h3-8H,1-2H3,(H2,18,19,21). The van der Waals surface area contributed by atoms with E-state index in [0.717, 1.165) is 22.7 Å². The maximum absolute atomic E-state index is 5.97. The number of hydrogen-bond donors (Lipinski definition) is 2. The van der Waals surface area contributed by atoms with Gasteiger partial charge in [-0.25, -0.2) is 0 Å². The zero-order chi connectivity index (χ0) is 15.4. The fraction of sp³-hybridized carbons (Fsp3) is 0.133. The molecule has 0 aliphatic carbocycles. The molecule has 21 heavy (non-hydrogen) atoms. The van der Waals surface area contributed by atoms with Crippen molar-refractivity contribution < 1.29 is 4.74 Å². The summed E-state index contributed by atoms with van der Waals surface area (Å²) in [6.45, 7) is 1.98. The van der Waals surface area contributed by atoms with Crippen LogP contribution in [-0.2, 0) is 0 Å². The van der Waals surface area contributed by atoms with Crippen LogP contribution in [0.25, 0.3) is 0 Å². The van der Waals surface area contributed by atoms with E-state index in [1.807, 2.05) is 31.2 Å². The Morgan fingerprint density at radius 1 is 1.05 bits per heavy atom. The molecule has 0 heterocycles. The van der Waals surface area contributed by atoms with Gasteiger partial charge in [-0.3, -0.25) is 0 Å². The maximum atomic E-state index is 5.97. The summed E-state index contributed by atoms with van der Waals surface area (Å²) in [5, 5.41) is 7.65. The van der Waals surface area contributed by atoms with E-state index in [4.69, 9.17) is 40.2 Å². The Kier molecular flexibility index (Phi) is 5.28. The predicted octanol–water partition coefficient (Wildman–Crippen LogP) is 5.12. The van der Waals surface area contributed by atoms with Gasteiger partial charge < -0.3 is 15.4 Å². The lowest BCUT2D eigenvalue weighted by atomic mass is 10.2. The summed E-state index contributed by atoms with van der Waals surface area (Å²) in [7, 11) is 1.64. The summed E-state index contributed by atoms with van der Waals surface area (Å²) in [4.78, 5) is 0. The highest BCUT2D eigenvalue weighted by atomic mass is 35.5. The van der Waals surface area contributed by atoms with Crippen molar-refractivity contribution in [3.8, 4) is 5.75 Å². The minimum absolute atomic E-state index is 0.474. The zero-order valence-corrected chi connectivity index (χ0v) is 13.9. The molecule has 0 aromatic heterocycles. The van der Waals surface area contributed by atoms with Gasteiger partial charge in [0.2, 0.25) is 0 Å². The Morgan fingerprint density at radius 3 is 2.43 bits per heavy atom. The summed E-state index contributed by atoms with van der Waals surface area (Å²) in [6.07, 6.45) is 0. The van der Waals surface area contributed by atoms with Crippen molar-refractivity contribution in [2.75, 3.05) is 17.7 Å². The Labute approximate surface area is 139 Å². The molecule has 0 aliphatic rings. The highest BCUT2D eigenvalue weighted by molar-refractivity contribution is 7.80. The van der Waals surface area contributed by atoms with Crippen molar-refractivity contribution in [2.45, 2.75) is 6.92 Å². The maximum Gasteiger partial charge on any atom is 0.175 e. The molecule has 0 atom stereocenters. The number of methoxy groups -OCH3 is 1. The summed E-state index contributed by atoms with van der Waals surface area (Å²) in [5.41, 5.74) is 2.72. The van der Waals surface area contributed by atoms with Crippen molar-refractivity contribution in [2.24, 2.45) is 0 Å². The highest BCUT2D eigenvalue weighted by Gasteiger charge is 2.05. The average Bonchev–Trinajstić information content (AvgIpc) is 2.45. The average molecular weight is 341 g/mol. The fourth-order valence-electron chi connectivity index (χ4n) is 1.76. The van der Waals surface area contributed by atoms with Gasteiger partial charge in [-0.2, -0.15) is 0 Å². The third kappa shape index (κ3) is 4.24. The van der Waals surface area contributed by atoms with Crippen LogP contribution < -0.4 is 15.4 Å². The van der Waals surface area contributed by atoms with E-state index in [0.29, 0.717) is 15.2 Å². The topological polar surface area (TPSA) is 33.3 Å². The predicted molar refractivity (Wildman–Crippen MR) is 94.0 cm³/mol. The number of ether oxygens (including phenoxy) is 1. The molecular weight excluding hydrogens is 327 g/mol. The summed E-state index contributed by atoms with van der Waals surface area (Å²) < 4.78 is 5.17. The SMILES string of the molecule is COc1ccc(NC(=S)Nc2ccc(Cl)c(Cl)c2)c(C)c1. The lowest BCUT2D eigenvalue weighted by Gasteiger charge is -2.13. The highest BCUT2D eigenvalue weighted by Crippen LogP contribution is 2.25. The van der Waals surface area contributed by atoms with Crippen LogP contribution in [0.4, 0.5) is 11.4 Å². The van der Waals surface area contributed by atoms with Crippen LogP contribution in [0, 0.1) is 6.92 Å². The molecule has 6 heteroatoms.